The number of para-hydroxylation sites is 1. The number of benzene rings is 1. The van der Waals surface area contributed by atoms with E-state index in [4.69, 9.17) is 4.74 Å². The van der Waals surface area contributed by atoms with E-state index in [0.717, 1.165) is 12.0 Å². The Morgan fingerprint density at radius 1 is 1.21 bits per heavy atom. The molecule has 0 saturated carbocycles. The smallest absolute Gasteiger partial charge is 0.308 e. The number of thiol groups is 1. The number of hydrogen-bond acceptors (Lipinski definition) is 3. The van der Waals surface area contributed by atoms with Crippen LogP contribution < -0.4 is 4.74 Å². The number of carbonyl (C=O) groups excluding carboxylic acids is 1. The number of carbonyl (C=O) groups is 1. The molecular weight excluding hydrogens is 256 g/mol. The average Bonchev–Trinajstić information content (AvgIpc) is 2.38. The van der Waals surface area contributed by atoms with Crippen LogP contribution in [0.1, 0.15) is 63.2 Å². The van der Waals surface area contributed by atoms with E-state index in [2.05, 4.69) is 19.6 Å². The molecule has 0 spiro atoms. The summed E-state index contributed by atoms with van der Waals surface area (Å²) in [4.78, 5) is 11.1. The lowest BCUT2D eigenvalue weighted by Gasteiger charge is -2.15. The molecule has 0 aliphatic heterocycles. The standard InChI is InChI=1S/C16H24O2S/c1-3-4-5-6-7-12-16(19)14-10-8-9-11-15(14)18-13(2)17/h8-11,16,19H,3-7,12H2,1-2H3. The number of ether oxygens (including phenoxy) is 1. The fourth-order valence-corrected chi connectivity index (χ4v) is 2.50. The van der Waals surface area contributed by atoms with Crippen LogP contribution >= 0.6 is 12.6 Å². The van der Waals surface area contributed by atoms with E-state index in [9.17, 15) is 4.79 Å². The predicted molar refractivity (Wildman–Crippen MR) is 82.9 cm³/mol. The highest BCUT2D eigenvalue weighted by molar-refractivity contribution is 7.80. The van der Waals surface area contributed by atoms with Crippen LogP contribution in [0.25, 0.3) is 0 Å². The van der Waals surface area contributed by atoms with Crippen LogP contribution in [0.4, 0.5) is 0 Å². The summed E-state index contributed by atoms with van der Waals surface area (Å²) in [5.74, 6) is 0.361. The summed E-state index contributed by atoms with van der Waals surface area (Å²) in [7, 11) is 0. The SMILES string of the molecule is CCCCCCCC(S)c1ccccc1OC(C)=O. The first kappa shape index (κ1) is 16.1. The van der Waals surface area contributed by atoms with E-state index < -0.39 is 0 Å². The van der Waals surface area contributed by atoms with E-state index >= 15 is 0 Å². The second kappa shape index (κ2) is 9.03. The molecule has 1 unspecified atom stereocenters. The molecule has 1 atom stereocenters. The van der Waals surface area contributed by atoms with Crippen LogP contribution in [0, 0.1) is 0 Å². The minimum Gasteiger partial charge on any atom is -0.426 e. The van der Waals surface area contributed by atoms with Crippen LogP contribution in [-0.4, -0.2) is 5.97 Å². The summed E-state index contributed by atoms with van der Waals surface area (Å²) >= 11 is 4.65. The zero-order valence-corrected chi connectivity index (χ0v) is 12.8. The first-order valence-electron chi connectivity index (χ1n) is 7.10. The summed E-state index contributed by atoms with van der Waals surface area (Å²) in [6.45, 7) is 3.64. The maximum absolute atomic E-state index is 11.1. The van der Waals surface area contributed by atoms with Crippen molar-refractivity contribution in [2.45, 2.75) is 57.6 Å². The molecule has 3 heteroatoms. The molecule has 1 aromatic carbocycles. The highest BCUT2D eigenvalue weighted by Gasteiger charge is 2.13. The summed E-state index contributed by atoms with van der Waals surface area (Å²) in [5, 5.41) is 0.136. The lowest BCUT2D eigenvalue weighted by molar-refractivity contribution is -0.131. The van der Waals surface area contributed by atoms with Gasteiger partial charge in [-0.1, -0.05) is 57.2 Å². The van der Waals surface area contributed by atoms with E-state index in [1.165, 1.54) is 39.0 Å². The van der Waals surface area contributed by atoms with Gasteiger partial charge in [0, 0.05) is 17.7 Å². The molecule has 0 heterocycles. The second-order valence-corrected chi connectivity index (χ2v) is 5.47. The lowest BCUT2D eigenvalue weighted by Crippen LogP contribution is -2.05. The van der Waals surface area contributed by atoms with Gasteiger partial charge in [-0.2, -0.15) is 12.6 Å². The van der Waals surface area contributed by atoms with Crippen molar-refractivity contribution in [1.82, 2.24) is 0 Å². The van der Waals surface area contributed by atoms with Crippen LogP contribution in [-0.2, 0) is 4.79 Å². The van der Waals surface area contributed by atoms with Crippen molar-refractivity contribution < 1.29 is 9.53 Å². The highest BCUT2D eigenvalue weighted by atomic mass is 32.1. The van der Waals surface area contributed by atoms with Crippen molar-refractivity contribution in [2.75, 3.05) is 0 Å². The van der Waals surface area contributed by atoms with Gasteiger partial charge in [-0.25, -0.2) is 0 Å². The second-order valence-electron chi connectivity index (χ2n) is 4.85. The summed E-state index contributed by atoms with van der Waals surface area (Å²) in [6, 6.07) is 7.66. The molecule has 1 rings (SSSR count). The van der Waals surface area contributed by atoms with Gasteiger partial charge in [-0.15, -0.1) is 0 Å². The van der Waals surface area contributed by atoms with Crippen molar-refractivity contribution in [3.63, 3.8) is 0 Å². The summed E-state index contributed by atoms with van der Waals surface area (Å²) in [6.07, 6.45) is 7.30. The number of unbranched alkanes of at least 4 members (excludes halogenated alkanes) is 4. The van der Waals surface area contributed by atoms with Crippen LogP contribution in [0.15, 0.2) is 24.3 Å². The molecule has 0 radical (unpaired) electrons. The van der Waals surface area contributed by atoms with Crippen LogP contribution in [0.3, 0.4) is 0 Å². The van der Waals surface area contributed by atoms with Gasteiger partial charge in [0.2, 0.25) is 0 Å². The van der Waals surface area contributed by atoms with Gasteiger partial charge in [0.1, 0.15) is 5.75 Å². The van der Waals surface area contributed by atoms with Crippen molar-refractivity contribution >= 4 is 18.6 Å². The monoisotopic (exact) mass is 280 g/mol. The van der Waals surface area contributed by atoms with Gasteiger partial charge in [0.25, 0.3) is 0 Å². The van der Waals surface area contributed by atoms with Gasteiger partial charge in [0.05, 0.1) is 0 Å². The molecule has 0 fully saturated rings. The maximum Gasteiger partial charge on any atom is 0.308 e. The molecule has 0 saturated heterocycles. The lowest BCUT2D eigenvalue weighted by atomic mass is 10.0. The normalized spacial score (nSPS) is 12.2. The molecule has 1 aromatic rings. The first-order valence-corrected chi connectivity index (χ1v) is 7.62. The number of hydrogen-bond donors (Lipinski definition) is 1. The molecule has 0 bridgehead atoms. The molecule has 19 heavy (non-hydrogen) atoms. The van der Waals surface area contributed by atoms with Crippen molar-refractivity contribution in [1.29, 1.82) is 0 Å². The Bertz CT molecular complexity index is 390. The van der Waals surface area contributed by atoms with E-state index in [-0.39, 0.29) is 11.2 Å². The molecule has 0 aromatic heterocycles. The third kappa shape index (κ3) is 6.15. The van der Waals surface area contributed by atoms with E-state index in [0.29, 0.717) is 5.75 Å². The molecule has 0 aliphatic carbocycles. The van der Waals surface area contributed by atoms with Gasteiger partial charge in [0.15, 0.2) is 0 Å². The van der Waals surface area contributed by atoms with Gasteiger partial charge < -0.3 is 4.74 Å². The largest absolute Gasteiger partial charge is 0.426 e. The first-order chi connectivity index (χ1) is 9.15. The Hall–Kier alpha value is -0.960. The maximum atomic E-state index is 11.1. The highest BCUT2D eigenvalue weighted by Crippen LogP contribution is 2.33. The Balaban J connectivity index is 2.51. The third-order valence-electron chi connectivity index (χ3n) is 3.11. The average molecular weight is 280 g/mol. The van der Waals surface area contributed by atoms with Gasteiger partial charge in [-0.05, 0) is 12.5 Å². The predicted octanol–water partition coefficient (Wildman–Crippen LogP) is 4.94. The minimum absolute atomic E-state index is 0.136. The number of esters is 1. The molecular formula is C16H24O2S. The molecule has 0 amide bonds. The van der Waals surface area contributed by atoms with Gasteiger partial charge >= 0.3 is 5.97 Å². The Labute approximate surface area is 122 Å². The van der Waals surface area contributed by atoms with Crippen molar-refractivity contribution in [3.8, 4) is 5.75 Å². The zero-order valence-electron chi connectivity index (χ0n) is 11.9. The summed E-state index contributed by atoms with van der Waals surface area (Å²) in [5.41, 5.74) is 1.01. The molecule has 2 nitrogen and oxygen atoms in total. The quantitative estimate of drug-likeness (QED) is 0.316. The van der Waals surface area contributed by atoms with Crippen LogP contribution in [0.2, 0.25) is 0 Å². The van der Waals surface area contributed by atoms with E-state index in [1.807, 2.05) is 24.3 Å². The Morgan fingerprint density at radius 2 is 1.89 bits per heavy atom. The molecule has 0 N–H and O–H groups in total. The van der Waals surface area contributed by atoms with Crippen molar-refractivity contribution in [2.24, 2.45) is 0 Å². The Morgan fingerprint density at radius 3 is 2.58 bits per heavy atom. The minimum atomic E-state index is -0.282. The van der Waals surface area contributed by atoms with Gasteiger partial charge in [-0.3, -0.25) is 4.79 Å². The van der Waals surface area contributed by atoms with Crippen LogP contribution in [0.5, 0.6) is 5.75 Å². The summed E-state index contributed by atoms with van der Waals surface area (Å²) < 4.78 is 5.22. The topological polar surface area (TPSA) is 26.3 Å². The number of rotatable bonds is 8. The van der Waals surface area contributed by atoms with E-state index in [1.54, 1.807) is 0 Å². The fraction of sp³-hybridized carbons (Fsp3) is 0.562. The fourth-order valence-electron chi connectivity index (χ4n) is 2.10. The molecule has 106 valence electrons. The molecule has 0 aliphatic rings. The van der Waals surface area contributed by atoms with Crippen molar-refractivity contribution in [3.05, 3.63) is 29.8 Å². The Kier molecular flexibility index (Phi) is 7.65. The third-order valence-corrected chi connectivity index (χ3v) is 3.65. The zero-order chi connectivity index (χ0) is 14.1.